The van der Waals surface area contributed by atoms with Crippen LogP contribution < -0.4 is 10.3 Å². The third kappa shape index (κ3) is 2.60. The number of hydrogen-bond donors (Lipinski definition) is 0. The summed E-state index contributed by atoms with van der Waals surface area (Å²) in [6, 6.07) is 7.25. The summed E-state index contributed by atoms with van der Waals surface area (Å²) in [7, 11) is 1.56. The van der Waals surface area contributed by atoms with Gasteiger partial charge in [0, 0.05) is 12.4 Å². The topological polar surface area (TPSA) is 57.0 Å². The Morgan fingerprint density at radius 1 is 1.33 bits per heavy atom. The molecule has 0 saturated carbocycles. The lowest BCUT2D eigenvalue weighted by Crippen LogP contribution is -2.20. The molecule has 0 bridgehead atoms. The first-order valence-corrected chi connectivity index (χ1v) is 6.68. The minimum Gasteiger partial charge on any atom is -0.495 e. The van der Waals surface area contributed by atoms with E-state index in [1.54, 1.807) is 36.1 Å². The fourth-order valence-corrected chi connectivity index (χ4v) is 2.43. The van der Waals surface area contributed by atoms with Crippen molar-refractivity contribution < 1.29 is 4.74 Å². The first kappa shape index (κ1) is 13.6. The van der Waals surface area contributed by atoms with Crippen molar-refractivity contribution in [2.24, 2.45) is 0 Å². The lowest BCUT2D eigenvalue weighted by molar-refractivity contribution is 0.415. The first-order valence-electron chi connectivity index (χ1n) is 6.30. The summed E-state index contributed by atoms with van der Waals surface area (Å²) in [5.41, 5.74) is 1.43. The van der Waals surface area contributed by atoms with Crippen LogP contribution in [0.1, 0.15) is 5.56 Å². The quantitative estimate of drug-likeness (QED) is 0.746. The Labute approximate surface area is 125 Å². The molecule has 0 fully saturated rings. The maximum absolute atomic E-state index is 12.4. The minimum atomic E-state index is -0.125. The van der Waals surface area contributed by atoms with E-state index in [0.29, 0.717) is 28.2 Å². The van der Waals surface area contributed by atoms with Gasteiger partial charge in [0.25, 0.3) is 5.56 Å². The maximum Gasteiger partial charge on any atom is 0.261 e. The molecule has 2 aromatic heterocycles. The van der Waals surface area contributed by atoms with E-state index in [2.05, 4.69) is 9.97 Å². The number of nitrogens with zero attached hydrogens (tertiary/aromatic N) is 3. The normalized spacial score (nSPS) is 10.8. The minimum absolute atomic E-state index is 0.125. The molecule has 6 heteroatoms. The van der Waals surface area contributed by atoms with Gasteiger partial charge in [-0.1, -0.05) is 17.7 Å². The summed E-state index contributed by atoms with van der Waals surface area (Å²) < 4.78 is 6.72. The number of benzene rings is 1. The van der Waals surface area contributed by atoms with Crippen LogP contribution in [0.5, 0.6) is 5.75 Å². The van der Waals surface area contributed by atoms with Gasteiger partial charge in [-0.3, -0.25) is 4.79 Å². The molecule has 2 heterocycles. The Morgan fingerprint density at radius 2 is 2.19 bits per heavy atom. The Balaban J connectivity index is 2.00. The molecule has 0 atom stereocenters. The van der Waals surface area contributed by atoms with E-state index in [-0.39, 0.29) is 5.56 Å². The zero-order valence-electron chi connectivity index (χ0n) is 11.3. The van der Waals surface area contributed by atoms with E-state index in [1.807, 2.05) is 6.07 Å². The van der Waals surface area contributed by atoms with Gasteiger partial charge in [-0.25, -0.2) is 9.97 Å². The van der Waals surface area contributed by atoms with E-state index in [4.69, 9.17) is 16.3 Å². The average molecular weight is 302 g/mol. The fraction of sp³-hybridized carbons (Fsp3) is 0.133. The number of rotatable bonds is 3. The van der Waals surface area contributed by atoms with Crippen molar-refractivity contribution in [3.8, 4) is 5.75 Å². The van der Waals surface area contributed by atoms with Crippen LogP contribution in [-0.4, -0.2) is 21.6 Å². The van der Waals surface area contributed by atoms with Gasteiger partial charge >= 0.3 is 0 Å². The number of halogens is 1. The van der Waals surface area contributed by atoms with Gasteiger partial charge in [-0.2, -0.15) is 0 Å². The van der Waals surface area contributed by atoms with Gasteiger partial charge in [0.05, 0.1) is 29.6 Å². The molecule has 0 radical (unpaired) electrons. The lowest BCUT2D eigenvalue weighted by Gasteiger charge is -2.09. The molecule has 3 aromatic rings. The molecule has 3 rings (SSSR count). The molecule has 1 aromatic carbocycles. The van der Waals surface area contributed by atoms with E-state index in [0.717, 1.165) is 5.56 Å². The van der Waals surface area contributed by atoms with Crippen LogP contribution in [0.2, 0.25) is 5.02 Å². The zero-order chi connectivity index (χ0) is 14.8. The third-order valence-electron chi connectivity index (χ3n) is 3.22. The maximum atomic E-state index is 12.4. The van der Waals surface area contributed by atoms with Gasteiger partial charge in [-0.15, -0.1) is 0 Å². The molecule has 21 heavy (non-hydrogen) atoms. The molecule has 0 unspecified atom stereocenters. The SMILES string of the molecule is COc1ccc(Cn2ccc3ncncc3c2=O)cc1Cl. The second-order valence-corrected chi connectivity index (χ2v) is 4.95. The number of hydrogen-bond acceptors (Lipinski definition) is 4. The van der Waals surface area contributed by atoms with Crippen LogP contribution in [0, 0.1) is 0 Å². The van der Waals surface area contributed by atoms with Crippen LogP contribution in [-0.2, 0) is 6.54 Å². The standard InChI is InChI=1S/C15H12ClN3O2/c1-21-14-3-2-10(6-12(14)16)8-19-5-4-13-11(15(19)20)7-17-9-18-13/h2-7,9H,8H2,1H3. The van der Waals surface area contributed by atoms with Crippen molar-refractivity contribution in [3.05, 3.63) is 63.9 Å². The number of ether oxygens (including phenoxy) is 1. The molecule has 5 nitrogen and oxygen atoms in total. The largest absolute Gasteiger partial charge is 0.495 e. The summed E-state index contributed by atoms with van der Waals surface area (Å²) in [6.07, 6.45) is 4.67. The van der Waals surface area contributed by atoms with Crippen molar-refractivity contribution in [1.82, 2.24) is 14.5 Å². The monoisotopic (exact) mass is 301 g/mol. The van der Waals surface area contributed by atoms with Gasteiger partial charge in [-0.05, 0) is 23.8 Å². The van der Waals surface area contributed by atoms with Crippen molar-refractivity contribution in [2.45, 2.75) is 6.54 Å². The Kier molecular flexibility index (Phi) is 3.58. The van der Waals surface area contributed by atoms with Crippen LogP contribution in [0.4, 0.5) is 0 Å². The molecule has 0 aliphatic carbocycles. The molecule has 106 valence electrons. The second-order valence-electron chi connectivity index (χ2n) is 4.54. The molecule has 0 saturated heterocycles. The smallest absolute Gasteiger partial charge is 0.261 e. The van der Waals surface area contributed by atoms with E-state index in [1.165, 1.54) is 12.5 Å². The number of fused-ring (bicyclic) bond motifs is 1. The highest BCUT2D eigenvalue weighted by Crippen LogP contribution is 2.25. The van der Waals surface area contributed by atoms with Crippen LogP contribution in [0.3, 0.4) is 0 Å². The number of aromatic nitrogens is 3. The highest BCUT2D eigenvalue weighted by atomic mass is 35.5. The van der Waals surface area contributed by atoms with Crippen molar-refractivity contribution in [2.75, 3.05) is 7.11 Å². The Morgan fingerprint density at radius 3 is 2.95 bits per heavy atom. The van der Waals surface area contributed by atoms with Gasteiger partial charge < -0.3 is 9.30 Å². The molecule has 0 amide bonds. The predicted octanol–water partition coefficient (Wildman–Crippen LogP) is 2.50. The first-order chi connectivity index (χ1) is 10.2. The molecule has 0 aliphatic rings. The molecular formula is C15H12ClN3O2. The van der Waals surface area contributed by atoms with Crippen molar-refractivity contribution in [3.63, 3.8) is 0 Å². The molecular weight excluding hydrogens is 290 g/mol. The van der Waals surface area contributed by atoms with Crippen LogP contribution >= 0.6 is 11.6 Å². The van der Waals surface area contributed by atoms with Gasteiger partial charge in [0.1, 0.15) is 12.1 Å². The van der Waals surface area contributed by atoms with E-state index < -0.39 is 0 Å². The summed E-state index contributed by atoms with van der Waals surface area (Å²) in [5, 5.41) is 1.02. The summed E-state index contributed by atoms with van der Waals surface area (Å²) in [5.74, 6) is 0.611. The fourth-order valence-electron chi connectivity index (χ4n) is 2.15. The van der Waals surface area contributed by atoms with E-state index in [9.17, 15) is 4.79 Å². The zero-order valence-corrected chi connectivity index (χ0v) is 12.0. The summed E-state index contributed by atoms with van der Waals surface area (Å²) >= 11 is 6.10. The van der Waals surface area contributed by atoms with Crippen molar-refractivity contribution >= 4 is 22.5 Å². The van der Waals surface area contributed by atoms with E-state index >= 15 is 0 Å². The highest BCUT2D eigenvalue weighted by Gasteiger charge is 2.06. The predicted molar refractivity (Wildman–Crippen MR) is 80.9 cm³/mol. The van der Waals surface area contributed by atoms with Gasteiger partial charge in [0.2, 0.25) is 0 Å². The average Bonchev–Trinajstić information content (AvgIpc) is 2.51. The van der Waals surface area contributed by atoms with Gasteiger partial charge in [0.15, 0.2) is 0 Å². The summed E-state index contributed by atoms with van der Waals surface area (Å²) in [6.45, 7) is 0.424. The number of pyridine rings is 1. The molecule has 0 spiro atoms. The van der Waals surface area contributed by atoms with Crippen molar-refractivity contribution in [1.29, 1.82) is 0 Å². The molecule has 0 aliphatic heterocycles. The molecule has 0 N–H and O–H groups in total. The van der Waals surface area contributed by atoms with Crippen LogP contribution in [0.15, 0.2) is 47.8 Å². The highest BCUT2D eigenvalue weighted by molar-refractivity contribution is 6.32. The van der Waals surface area contributed by atoms with Crippen LogP contribution in [0.25, 0.3) is 10.9 Å². The Bertz CT molecular complexity index is 861. The third-order valence-corrected chi connectivity index (χ3v) is 3.51. The number of methoxy groups -OCH3 is 1. The second kappa shape index (κ2) is 5.54. The lowest BCUT2D eigenvalue weighted by atomic mass is 10.2. The summed E-state index contributed by atoms with van der Waals surface area (Å²) in [4.78, 5) is 20.3. The Hall–Kier alpha value is -2.40.